The van der Waals surface area contributed by atoms with Crippen LogP contribution in [-0.4, -0.2) is 28.9 Å². The summed E-state index contributed by atoms with van der Waals surface area (Å²) in [5.74, 6) is 0.305. The van der Waals surface area contributed by atoms with Gasteiger partial charge in [0, 0.05) is 6.42 Å². The Morgan fingerprint density at radius 3 is 2.70 bits per heavy atom. The van der Waals surface area contributed by atoms with Gasteiger partial charge in [0.1, 0.15) is 12.1 Å². The molecule has 2 fully saturated rings. The summed E-state index contributed by atoms with van der Waals surface area (Å²) in [4.78, 5) is 16.8. The number of carbonyl (C=O) groups is 1. The van der Waals surface area contributed by atoms with Gasteiger partial charge < -0.3 is 0 Å². The summed E-state index contributed by atoms with van der Waals surface area (Å²) in [6.07, 6.45) is 3.50. The van der Waals surface area contributed by atoms with Crippen LogP contribution in [0.5, 0.6) is 0 Å². The molecular weight excluding hydrogens is 312 g/mol. The van der Waals surface area contributed by atoms with Crippen molar-refractivity contribution >= 4 is 26.8 Å². The lowest BCUT2D eigenvalue weighted by Gasteiger charge is -2.36. The first-order valence-corrected chi connectivity index (χ1v) is 9.57. The number of ketones is 1. The zero-order valence-electron chi connectivity index (χ0n) is 13.3. The lowest BCUT2D eigenvalue weighted by atomic mass is 9.70. The first-order valence-electron chi connectivity index (χ1n) is 7.97. The van der Waals surface area contributed by atoms with Crippen LogP contribution in [-0.2, 0) is 14.8 Å². The van der Waals surface area contributed by atoms with Crippen LogP contribution in [0, 0.1) is 16.7 Å². The van der Waals surface area contributed by atoms with E-state index in [-0.39, 0.29) is 17.0 Å². The van der Waals surface area contributed by atoms with Crippen LogP contribution in [0.4, 0.5) is 0 Å². The summed E-state index contributed by atoms with van der Waals surface area (Å²) in [7, 11) is -3.64. The van der Waals surface area contributed by atoms with Gasteiger partial charge in [0.25, 0.3) is 0 Å². The Morgan fingerprint density at radius 2 is 2.04 bits per heavy atom. The van der Waals surface area contributed by atoms with Crippen molar-refractivity contribution in [3.05, 3.63) is 30.6 Å². The fourth-order valence-electron chi connectivity index (χ4n) is 4.65. The summed E-state index contributed by atoms with van der Waals surface area (Å²) >= 11 is 0. The summed E-state index contributed by atoms with van der Waals surface area (Å²) in [6.45, 7) is 4.11. The molecule has 1 heterocycles. The molecule has 0 unspecified atom stereocenters. The largest absolute Gasteiger partial charge is 0.299 e. The topological polar surface area (TPSA) is 69.0 Å². The molecule has 2 atom stereocenters. The van der Waals surface area contributed by atoms with Crippen LogP contribution in [0.2, 0.25) is 0 Å². The zero-order valence-corrected chi connectivity index (χ0v) is 14.1. The Kier molecular flexibility index (Phi) is 2.87. The minimum Gasteiger partial charge on any atom is -0.299 e. The van der Waals surface area contributed by atoms with E-state index in [2.05, 4.69) is 18.8 Å². The van der Waals surface area contributed by atoms with E-state index in [4.69, 9.17) is 0 Å². The van der Waals surface area contributed by atoms with Gasteiger partial charge in [-0.1, -0.05) is 26.0 Å². The van der Waals surface area contributed by atoms with Gasteiger partial charge >= 0.3 is 0 Å². The van der Waals surface area contributed by atoms with Gasteiger partial charge in [-0.25, -0.2) is 17.4 Å². The van der Waals surface area contributed by atoms with E-state index in [9.17, 15) is 13.2 Å². The van der Waals surface area contributed by atoms with Crippen LogP contribution in [0.1, 0.15) is 33.1 Å². The molecule has 2 aliphatic carbocycles. The molecule has 1 aromatic carbocycles. The second kappa shape index (κ2) is 4.44. The molecule has 0 saturated heterocycles. The monoisotopic (exact) mass is 332 g/mol. The number of carbonyl (C=O) groups excluding carboxylic acids is 1. The molecular formula is C17H20N2O3S. The normalized spacial score (nSPS) is 29.5. The van der Waals surface area contributed by atoms with Gasteiger partial charge in [0.15, 0.2) is 0 Å². The number of aromatic nitrogens is 2. The Morgan fingerprint density at radius 1 is 1.30 bits per heavy atom. The number of rotatable bonds is 3. The van der Waals surface area contributed by atoms with Crippen molar-refractivity contribution in [2.24, 2.45) is 16.7 Å². The van der Waals surface area contributed by atoms with E-state index in [0.717, 1.165) is 6.42 Å². The van der Waals surface area contributed by atoms with Gasteiger partial charge in [-0.15, -0.1) is 0 Å². The van der Waals surface area contributed by atoms with Crippen LogP contribution in [0.25, 0.3) is 11.0 Å². The summed E-state index contributed by atoms with van der Waals surface area (Å²) in [6, 6.07) is 7.16. The van der Waals surface area contributed by atoms with Crippen molar-refractivity contribution in [2.45, 2.75) is 33.1 Å². The number of Topliss-reactive ketones (excluding diaryl/α,β-unsaturated/α-hetero) is 1. The van der Waals surface area contributed by atoms with Crippen molar-refractivity contribution < 1.29 is 13.2 Å². The molecule has 2 bridgehead atoms. The second-order valence-electron chi connectivity index (χ2n) is 7.45. The van der Waals surface area contributed by atoms with E-state index in [1.165, 1.54) is 10.3 Å². The molecule has 4 rings (SSSR count). The maximum absolute atomic E-state index is 13.0. The number of imidazole rings is 1. The fraction of sp³-hybridized carbons (Fsp3) is 0.529. The molecule has 2 aromatic rings. The highest BCUT2D eigenvalue weighted by molar-refractivity contribution is 7.90. The van der Waals surface area contributed by atoms with Gasteiger partial charge in [-0.2, -0.15) is 0 Å². The van der Waals surface area contributed by atoms with Gasteiger partial charge in [0.05, 0.1) is 22.2 Å². The van der Waals surface area contributed by atoms with Crippen molar-refractivity contribution in [3.63, 3.8) is 0 Å². The molecule has 0 radical (unpaired) electrons. The Hall–Kier alpha value is -1.69. The van der Waals surface area contributed by atoms with Crippen LogP contribution in [0.3, 0.4) is 0 Å². The number of nitrogens with zero attached hydrogens (tertiary/aromatic N) is 2. The van der Waals surface area contributed by atoms with E-state index in [1.807, 2.05) is 6.07 Å². The third kappa shape index (κ3) is 1.81. The summed E-state index contributed by atoms with van der Waals surface area (Å²) < 4.78 is 27.3. The van der Waals surface area contributed by atoms with Gasteiger partial charge in [-0.3, -0.25) is 4.79 Å². The molecule has 122 valence electrons. The Labute approximate surface area is 135 Å². The van der Waals surface area contributed by atoms with Crippen LogP contribution >= 0.6 is 0 Å². The molecule has 6 heteroatoms. The van der Waals surface area contributed by atoms with Crippen molar-refractivity contribution in [1.82, 2.24) is 8.96 Å². The quantitative estimate of drug-likeness (QED) is 0.866. The Bertz CT molecular complexity index is 913. The average molecular weight is 332 g/mol. The molecule has 0 spiro atoms. The first-order chi connectivity index (χ1) is 10.8. The van der Waals surface area contributed by atoms with E-state index in [0.29, 0.717) is 29.8 Å². The van der Waals surface area contributed by atoms with Gasteiger partial charge in [0.2, 0.25) is 10.0 Å². The van der Waals surface area contributed by atoms with E-state index >= 15 is 0 Å². The fourth-order valence-corrected chi connectivity index (χ4v) is 6.73. The molecule has 0 N–H and O–H groups in total. The summed E-state index contributed by atoms with van der Waals surface area (Å²) in [5, 5.41) is 0. The predicted molar refractivity (Wildman–Crippen MR) is 87.5 cm³/mol. The SMILES string of the molecule is CC1(C)[C@@H]2CC[C@@]1(CS(=O)(=O)n1cnc3ccccc31)C(=O)C2. The minimum atomic E-state index is -3.64. The molecule has 1 aromatic heterocycles. The maximum atomic E-state index is 13.0. The lowest BCUT2D eigenvalue weighted by Crippen LogP contribution is -2.43. The van der Waals surface area contributed by atoms with Gasteiger partial charge in [-0.05, 0) is 36.3 Å². The van der Waals surface area contributed by atoms with Crippen molar-refractivity contribution in [3.8, 4) is 0 Å². The number of para-hydroxylation sites is 2. The molecule has 5 nitrogen and oxygen atoms in total. The highest BCUT2D eigenvalue weighted by Gasteiger charge is 2.65. The molecule has 2 saturated carbocycles. The number of hydrogen-bond donors (Lipinski definition) is 0. The maximum Gasteiger partial charge on any atom is 0.241 e. The predicted octanol–water partition coefficient (Wildman–Crippen LogP) is 2.61. The molecule has 0 aliphatic heterocycles. The number of benzene rings is 1. The van der Waals surface area contributed by atoms with E-state index in [1.54, 1.807) is 18.2 Å². The van der Waals surface area contributed by atoms with Crippen LogP contribution < -0.4 is 0 Å². The number of fused-ring (bicyclic) bond motifs is 3. The van der Waals surface area contributed by atoms with E-state index < -0.39 is 15.4 Å². The molecule has 2 aliphatic rings. The highest BCUT2D eigenvalue weighted by Crippen LogP contribution is 2.64. The second-order valence-corrected chi connectivity index (χ2v) is 9.30. The van der Waals surface area contributed by atoms with Crippen LogP contribution in [0.15, 0.2) is 30.6 Å². The summed E-state index contributed by atoms with van der Waals surface area (Å²) in [5.41, 5.74) is 0.215. The number of hydrogen-bond acceptors (Lipinski definition) is 4. The zero-order chi connectivity index (χ0) is 16.5. The lowest BCUT2D eigenvalue weighted by molar-refractivity contribution is -0.128. The third-order valence-corrected chi connectivity index (χ3v) is 8.04. The minimum absolute atomic E-state index is 0.117. The molecule has 0 amide bonds. The first kappa shape index (κ1) is 14.9. The highest BCUT2D eigenvalue weighted by atomic mass is 32.2. The van der Waals surface area contributed by atoms with Crippen molar-refractivity contribution in [1.29, 1.82) is 0 Å². The average Bonchev–Trinajstić information content (AvgIpc) is 3.07. The molecule has 23 heavy (non-hydrogen) atoms. The standard InChI is InChI=1S/C17H20N2O3S/c1-16(2)12-7-8-17(16,15(20)9-12)10-23(21,22)19-11-18-13-5-3-4-6-14(13)19/h3-6,11-12H,7-10H2,1-2H3/t12-,17-/m1/s1. The third-order valence-electron chi connectivity index (χ3n) is 6.29. The Balaban J connectivity index is 1.80. The smallest absolute Gasteiger partial charge is 0.241 e. The van der Waals surface area contributed by atoms with Crippen molar-refractivity contribution in [2.75, 3.05) is 5.75 Å².